The lowest BCUT2D eigenvalue weighted by atomic mass is 9.89. The van der Waals surface area contributed by atoms with Gasteiger partial charge in [0, 0.05) is 10.4 Å². The van der Waals surface area contributed by atoms with Crippen molar-refractivity contribution in [1.82, 2.24) is 10.2 Å². The summed E-state index contributed by atoms with van der Waals surface area (Å²) in [5, 5.41) is 9.27. The molecular formula is C12H15ClN2. The van der Waals surface area contributed by atoms with Crippen molar-refractivity contribution in [2.45, 2.75) is 27.2 Å². The highest BCUT2D eigenvalue weighted by molar-refractivity contribution is 6.31. The van der Waals surface area contributed by atoms with Crippen LogP contribution in [0.15, 0.2) is 18.2 Å². The molecule has 0 saturated heterocycles. The number of rotatable bonds is 1. The number of nitrogens with zero attached hydrogens (tertiary/aromatic N) is 1. The molecule has 2 nitrogen and oxygen atoms in total. The Balaban J connectivity index is 2.48. The van der Waals surface area contributed by atoms with Crippen molar-refractivity contribution in [3.05, 3.63) is 28.9 Å². The summed E-state index contributed by atoms with van der Waals surface area (Å²) in [6.07, 6.45) is 0.952. The van der Waals surface area contributed by atoms with Crippen LogP contribution in [0.1, 0.15) is 26.5 Å². The van der Waals surface area contributed by atoms with Gasteiger partial charge in [0.25, 0.3) is 0 Å². The number of aromatic amines is 1. The highest BCUT2D eigenvalue weighted by Crippen LogP contribution is 2.26. The first-order valence-electron chi connectivity index (χ1n) is 5.08. The van der Waals surface area contributed by atoms with E-state index in [1.807, 2.05) is 18.2 Å². The molecule has 0 atom stereocenters. The van der Waals surface area contributed by atoms with Gasteiger partial charge < -0.3 is 0 Å². The molecule has 0 radical (unpaired) electrons. The second-order valence-corrected chi connectivity index (χ2v) is 5.53. The summed E-state index contributed by atoms with van der Waals surface area (Å²) >= 11 is 5.98. The Kier molecular flexibility index (Phi) is 2.47. The fraction of sp³-hybridized carbons (Fsp3) is 0.417. The van der Waals surface area contributed by atoms with Crippen LogP contribution >= 0.6 is 11.6 Å². The number of hydrogen-bond donors (Lipinski definition) is 1. The molecule has 3 heteroatoms. The number of fused-ring (bicyclic) bond motifs is 1. The Morgan fingerprint density at radius 3 is 2.73 bits per heavy atom. The molecule has 1 aromatic carbocycles. The zero-order valence-electron chi connectivity index (χ0n) is 9.26. The van der Waals surface area contributed by atoms with Gasteiger partial charge in [0.2, 0.25) is 0 Å². The minimum Gasteiger partial charge on any atom is -0.278 e. The average Bonchev–Trinajstić information content (AvgIpc) is 2.46. The third-order valence-corrected chi connectivity index (χ3v) is 2.54. The maximum atomic E-state index is 5.98. The molecule has 0 bridgehead atoms. The van der Waals surface area contributed by atoms with Crippen LogP contribution in [-0.2, 0) is 6.42 Å². The van der Waals surface area contributed by atoms with E-state index in [9.17, 15) is 0 Å². The fourth-order valence-electron chi connectivity index (χ4n) is 1.68. The van der Waals surface area contributed by atoms with E-state index in [-0.39, 0.29) is 5.41 Å². The van der Waals surface area contributed by atoms with Gasteiger partial charge in [-0.25, -0.2) is 0 Å². The van der Waals surface area contributed by atoms with Crippen LogP contribution in [0.5, 0.6) is 0 Å². The molecule has 0 amide bonds. The maximum Gasteiger partial charge on any atom is 0.0706 e. The first-order chi connectivity index (χ1) is 6.96. The first-order valence-corrected chi connectivity index (χ1v) is 5.46. The van der Waals surface area contributed by atoms with E-state index in [0.717, 1.165) is 28.0 Å². The van der Waals surface area contributed by atoms with E-state index >= 15 is 0 Å². The van der Waals surface area contributed by atoms with Gasteiger partial charge in [0.1, 0.15) is 0 Å². The van der Waals surface area contributed by atoms with Gasteiger partial charge in [-0.15, -0.1) is 0 Å². The molecule has 0 unspecified atom stereocenters. The lowest BCUT2D eigenvalue weighted by Gasteiger charge is -2.16. The topological polar surface area (TPSA) is 28.7 Å². The van der Waals surface area contributed by atoms with Crippen LogP contribution < -0.4 is 0 Å². The standard InChI is InChI=1S/C12H15ClN2/c1-12(2,3)7-11-9-6-8(13)4-5-10(9)14-15-11/h4-6H,7H2,1-3H3,(H,14,15). The van der Waals surface area contributed by atoms with Crippen LogP contribution in [0.25, 0.3) is 10.9 Å². The normalized spacial score (nSPS) is 12.3. The predicted molar refractivity (Wildman–Crippen MR) is 64.3 cm³/mol. The first kappa shape index (κ1) is 10.5. The number of H-pyrrole nitrogens is 1. The van der Waals surface area contributed by atoms with Crippen LogP contribution in [0.4, 0.5) is 0 Å². The van der Waals surface area contributed by atoms with Crippen molar-refractivity contribution >= 4 is 22.5 Å². The molecule has 80 valence electrons. The van der Waals surface area contributed by atoms with Crippen LogP contribution in [0, 0.1) is 5.41 Å². The molecule has 0 aliphatic heterocycles. The molecular weight excluding hydrogens is 208 g/mol. The van der Waals surface area contributed by atoms with Crippen LogP contribution in [0.2, 0.25) is 5.02 Å². The Hall–Kier alpha value is -1.02. The zero-order valence-corrected chi connectivity index (χ0v) is 10.0. The van der Waals surface area contributed by atoms with Gasteiger partial charge in [-0.3, -0.25) is 5.10 Å². The van der Waals surface area contributed by atoms with Crippen LogP contribution in [-0.4, -0.2) is 10.2 Å². The quantitative estimate of drug-likeness (QED) is 0.781. The van der Waals surface area contributed by atoms with Crippen molar-refractivity contribution < 1.29 is 0 Å². The summed E-state index contributed by atoms with van der Waals surface area (Å²) in [6, 6.07) is 5.82. The van der Waals surface area contributed by atoms with E-state index in [0.29, 0.717) is 0 Å². The summed E-state index contributed by atoms with van der Waals surface area (Å²) in [5.41, 5.74) is 2.39. The maximum absolute atomic E-state index is 5.98. The molecule has 15 heavy (non-hydrogen) atoms. The van der Waals surface area contributed by atoms with Gasteiger partial charge in [-0.05, 0) is 30.0 Å². The summed E-state index contributed by atoms with van der Waals surface area (Å²) in [6.45, 7) is 6.62. The predicted octanol–water partition coefficient (Wildman–Crippen LogP) is 3.80. The number of aromatic nitrogens is 2. The van der Waals surface area contributed by atoms with Gasteiger partial charge in [0.05, 0.1) is 11.2 Å². The molecule has 0 saturated carbocycles. The lowest BCUT2D eigenvalue weighted by Crippen LogP contribution is -2.09. The van der Waals surface area contributed by atoms with Crippen LogP contribution in [0.3, 0.4) is 0 Å². The molecule has 1 heterocycles. The Bertz CT molecular complexity index is 480. The summed E-state index contributed by atoms with van der Waals surface area (Å²) < 4.78 is 0. The largest absolute Gasteiger partial charge is 0.278 e. The van der Waals surface area contributed by atoms with Gasteiger partial charge >= 0.3 is 0 Å². The highest BCUT2D eigenvalue weighted by atomic mass is 35.5. The summed E-state index contributed by atoms with van der Waals surface area (Å²) in [7, 11) is 0. The molecule has 0 spiro atoms. The van der Waals surface area contributed by atoms with Crippen molar-refractivity contribution in [2.24, 2.45) is 5.41 Å². The summed E-state index contributed by atoms with van der Waals surface area (Å²) in [4.78, 5) is 0. The van der Waals surface area contributed by atoms with Crippen molar-refractivity contribution in [3.8, 4) is 0 Å². The molecule has 2 rings (SSSR count). The number of benzene rings is 1. The third-order valence-electron chi connectivity index (χ3n) is 2.30. The molecule has 2 aromatic rings. The third kappa shape index (κ3) is 2.32. The van der Waals surface area contributed by atoms with E-state index in [2.05, 4.69) is 31.0 Å². The monoisotopic (exact) mass is 222 g/mol. The van der Waals surface area contributed by atoms with E-state index in [1.165, 1.54) is 0 Å². The lowest BCUT2D eigenvalue weighted by molar-refractivity contribution is 0.407. The molecule has 0 aliphatic rings. The SMILES string of the molecule is CC(C)(C)Cc1n[nH]c2ccc(Cl)cc12. The van der Waals surface area contributed by atoms with E-state index < -0.39 is 0 Å². The number of hydrogen-bond acceptors (Lipinski definition) is 1. The minimum atomic E-state index is 0.241. The number of nitrogens with one attached hydrogen (secondary N) is 1. The van der Waals surface area contributed by atoms with Gasteiger partial charge in [0.15, 0.2) is 0 Å². The smallest absolute Gasteiger partial charge is 0.0706 e. The van der Waals surface area contributed by atoms with E-state index in [4.69, 9.17) is 11.6 Å². The fourth-order valence-corrected chi connectivity index (χ4v) is 1.85. The highest BCUT2D eigenvalue weighted by Gasteiger charge is 2.15. The second kappa shape index (κ2) is 3.53. The van der Waals surface area contributed by atoms with Crippen molar-refractivity contribution in [2.75, 3.05) is 0 Å². The van der Waals surface area contributed by atoms with Crippen molar-refractivity contribution in [3.63, 3.8) is 0 Å². The second-order valence-electron chi connectivity index (χ2n) is 5.10. The molecule has 1 aromatic heterocycles. The number of halogens is 1. The van der Waals surface area contributed by atoms with Gasteiger partial charge in [-0.2, -0.15) is 5.10 Å². The molecule has 1 N–H and O–H groups in total. The van der Waals surface area contributed by atoms with Gasteiger partial charge in [-0.1, -0.05) is 32.4 Å². The zero-order chi connectivity index (χ0) is 11.1. The average molecular weight is 223 g/mol. The molecule has 0 fully saturated rings. The minimum absolute atomic E-state index is 0.241. The Morgan fingerprint density at radius 1 is 1.33 bits per heavy atom. The summed E-state index contributed by atoms with van der Waals surface area (Å²) in [5.74, 6) is 0. The Labute approximate surface area is 94.6 Å². The van der Waals surface area contributed by atoms with E-state index in [1.54, 1.807) is 0 Å². The molecule has 0 aliphatic carbocycles. The van der Waals surface area contributed by atoms with Crippen molar-refractivity contribution in [1.29, 1.82) is 0 Å². The Morgan fingerprint density at radius 2 is 2.07 bits per heavy atom.